The standard InChI is InChI=1S/C20H25NO2/c1-18-8-5-14(22)11-13(18)3-4-15-16(18)6-9-19(2)17(15)7-10-20(19,23)12-21/h6,11,15,17,23H,3-5,7-10H2,1-2H3/t15-,17+,18-,19-,20-/m0/s1. The summed E-state index contributed by atoms with van der Waals surface area (Å²) in [6.45, 7) is 4.41. The zero-order chi connectivity index (χ0) is 16.5. The summed E-state index contributed by atoms with van der Waals surface area (Å²) in [6.07, 6.45) is 10.2. The van der Waals surface area contributed by atoms with Crippen LogP contribution in [0.2, 0.25) is 0 Å². The minimum absolute atomic E-state index is 0.0332. The quantitative estimate of drug-likeness (QED) is 0.548. The lowest BCUT2D eigenvalue weighted by molar-refractivity contribution is -0.115. The Labute approximate surface area is 138 Å². The van der Waals surface area contributed by atoms with Gasteiger partial charge in [-0.25, -0.2) is 0 Å². The summed E-state index contributed by atoms with van der Waals surface area (Å²) in [5.74, 6) is 1.13. The van der Waals surface area contributed by atoms with E-state index < -0.39 is 5.60 Å². The molecule has 4 aliphatic rings. The maximum atomic E-state index is 11.8. The van der Waals surface area contributed by atoms with Crippen LogP contribution < -0.4 is 0 Å². The smallest absolute Gasteiger partial charge is 0.156 e. The third-order valence-corrected chi connectivity index (χ3v) is 7.67. The minimum atomic E-state index is -1.18. The van der Waals surface area contributed by atoms with Crippen LogP contribution in [0.25, 0.3) is 0 Å². The van der Waals surface area contributed by atoms with Gasteiger partial charge in [-0.05, 0) is 56.4 Å². The van der Waals surface area contributed by atoms with Gasteiger partial charge >= 0.3 is 0 Å². The van der Waals surface area contributed by atoms with Crippen molar-refractivity contribution in [3.05, 3.63) is 23.3 Å². The van der Waals surface area contributed by atoms with Crippen molar-refractivity contribution >= 4 is 5.78 Å². The van der Waals surface area contributed by atoms with Crippen LogP contribution in [-0.2, 0) is 4.79 Å². The molecule has 2 fully saturated rings. The lowest BCUT2D eigenvalue weighted by Crippen LogP contribution is -2.50. The Morgan fingerprint density at radius 1 is 1.26 bits per heavy atom. The van der Waals surface area contributed by atoms with E-state index >= 15 is 0 Å². The van der Waals surface area contributed by atoms with Gasteiger partial charge in [0.05, 0.1) is 6.07 Å². The summed E-state index contributed by atoms with van der Waals surface area (Å²) in [7, 11) is 0. The lowest BCUT2D eigenvalue weighted by Gasteiger charge is -2.53. The van der Waals surface area contributed by atoms with Crippen molar-refractivity contribution in [1.82, 2.24) is 0 Å². The van der Waals surface area contributed by atoms with Gasteiger partial charge in [0, 0.05) is 17.3 Å². The van der Waals surface area contributed by atoms with E-state index in [2.05, 4.69) is 26.0 Å². The van der Waals surface area contributed by atoms with Gasteiger partial charge in [0.15, 0.2) is 11.4 Å². The maximum Gasteiger partial charge on any atom is 0.156 e. The highest BCUT2D eigenvalue weighted by Crippen LogP contribution is 2.65. The summed E-state index contributed by atoms with van der Waals surface area (Å²) in [4.78, 5) is 11.8. The van der Waals surface area contributed by atoms with E-state index in [1.54, 1.807) is 0 Å². The number of ketones is 1. The first-order chi connectivity index (χ1) is 10.8. The average Bonchev–Trinajstić information content (AvgIpc) is 2.80. The molecule has 0 saturated heterocycles. The van der Waals surface area contributed by atoms with E-state index in [-0.39, 0.29) is 16.6 Å². The number of aliphatic hydroxyl groups is 1. The molecular weight excluding hydrogens is 286 g/mol. The van der Waals surface area contributed by atoms with E-state index in [1.807, 2.05) is 6.08 Å². The van der Waals surface area contributed by atoms with Gasteiger partial charge in [0.25, 0.3) is 0 Å². The molecule has 3 nitrogen and oxygen atoms in total. The molecule has 3 heteroatoms. The SMILES string of the molecule is C[C@]12CCC(=O)C=C1CC[C@H]1C2=CC[C@@]2(C)[C@@H]1CC[C@]2(O)C#N. The second kappa shape index (κ2) is 4.57. The van der Waals surface area contributed by atoms with Gasteiger partial charge in [0.1, 0.15) is 0 Å². The first kappa shape index (κ1) is 15.1. The fourth-order valence-electron chi connectivity index (χ4n) is 6.05. The van der Waals surface area contributed by atoms with Crippen LogP contribution in [0.3, 0.4) is 0 Å². The van der Waals surface area contributed by atoms with Crippen molar-refractivity contribution in [1.29, 1.82) is 5.26 Å². The monoisotopic (exact) mass is 311 g/mol. The molecular formula is C20H25NO2. The Balaban J connectivity index is 1.78. The Morgan fingerprint density at radius 3 is 2.78 bits per heavy atom. The highest BCUT2D eigenvalue weighted by atomic mass is 16.3. The first-order valence-corrected chi connectivity index (χ1v) is 8.92. The molecule has 0 bridgehead atoms. The molecule has 0 heterocycles. The first-order valence-electron chi connectivity index (χ1n) is 8.92. The molecule has 0 aromatic heterocycles. The number of hydrogen-bond donors (Lipinski definition) is 1. The molecule has 4 rings (SSSR count). The highest BCUT2D eigenvalue weighted by molar-refractivity contribution is 5.92. The van der Waals surface area contributed by atoms with Crippen molar-refractivity contribution in [3.63, 3.8) is 0 Å². The zero-order valence-electron chi connectivity index (χ0n) is 14.1. The average molecular weight is 311 g/mol. The molecule has 5 atom stereocenters. The summed E-state index contributed by atoms with van der Waals surface area (Å²) in [6, 6.07) is 2.22. The second-order valence-electron chi connectivity index (χ2n) is 8.51. The molecule has 23 heavy (non-hydrogen) atoms. The van der Waals surface area contributed by atoms with Gasteiger partial charge in [0.2, 0.25) is 0 Å². The predicted octanol–water partition coefficient (Wildman–Crippen LogP) is 3.69. The lowest BCUT2D eigenvalue weighted by atomic mass is 9.51. The van der Waals surface area contributed by atoms with Crippen LogP contribution in [0.4, 0.5) is 0 Å². The molecule has 0 amide bonds. The van der Waals surface area contributed by atoms with Crippen molar-refractivity contribution in [3.8, 4) is 6.07 Å². The fraction of sp³-hybridized carbons (Fsp3) is 0.700. The topological polar surface area (TPSA) is 61.1 Å². The molecule has 1 N–H and O–H groups in total. The Morgan fingerprint density at radius 2 is 2.04 bits per heavy atom. The van der Waals surface area contributed by atoms with Crippen molar-refractivity contribution in [2.45, 2.75) is 64.4 Å². The number of nitriles is 1. The molecule has 0 aromatic rings. The molecule has 4 aliphatic carbocycles. The molecule has 0 spiro atoms. The van der Waals surface area contributed by atoms with Crippen molar-refractivity contribution in [2.75, 3.05) is 0 Å². The third kappa shape index (κ3) is 1.76. The van der Waals surface area contributed by atoms with Gasteiger partial charge in [-0.15, -0.1) is 0 Å². The second-order valence-corrected chi connectivity index (χ2v) is 8.51. The highest BCUT2D eigenvalue weighted by Gasteiger charge is 2.62. The van der Waals surface area contributed by atoms with Crippen LogP contribution in [0.5, 0.6) is 0 Å². The number of hydrogen-bond acceptors (Lipinski definition) is 3. The van der Waals surface area contributed by atoms with E-state index in [4.69, 9.17) is 0 Å². The number of rotatable bonds is 0. The van der Waals surface area contributed by atoms with E-state index in [0.29, 0.717) is 24.7 Å². The largest absolute Gasteiger partial charge is 0.375 e. The zero-order valence-corrected chi connectivity index (χ0v) is 14.1. The number of carbonyl (C=O) groups excluding carboxylic acids is 1. The Kier molecular flexibility index (Phi) is 3.01. The number of allylic oxidation sites excluding steroid dienone is 4. The molecule has 0 aliphatic heterocycles. The molecule has 0 aromatic carbocycles. The number of carbonyl (C=O) groups is 1. The van der Waals surface area contributed by atoms with Crippen molar-refractivity contribution < 1.29 is 9.90 Å². The van der Waals surface area contributed by atoms with Gasteiger partial charge in [-0.1, -0.05) is 31.1 Å². The van der Waals surface area contributed by atoms with E-state index in [0.717, 1.165) is 32.1 Å². The van der Waals surface area contributed by atoms with E-state index in [9.17, 15) is 15.2 Å². The van der Waals surface area contributed by atoms with Crippen LogP contribution in [0, 0.1) is 34.0 Å². The molecule has 0 unspecified atom stereocenters. The summed E-state index contributed by atoms with van der Waals surface area (Å²) in [5.41, 5.74) is 1.34. The van der Waals surface area contributed by atoms with Crippen molar-refractivity contribution in [2.24, 2.45) is 22.7 Å². The maximum absolute atomic E-state index is 11.8. The minimum Gasteiger partial charge on any atom is -0.375 e. The third-order valence-electron chi connectivity index (χ3n) is 7.67. The van der Waals surface area contributed by atoms with Crippen LogP contribution in [-0.4, -0.2) is 16.5 Å². The van der Waals surface area contributed by atoms with E-state index in [1.165, 1.54) is 11.1 Å². The van der Waals surface area contributed by atoms with Gasteiger partial charge in [-0.3, -0.25) is 4.79 Å². The Bertz CT molecular complexity index is 684. The van der Waals surface area contributed by atoms with Crippen LogP contribution >= 0.6 is 0 Å². The number of nitrogens with zero attached hydrogens (tertiary/aromatic N) is 1. The Hall–Kier alpha value is -1.40. The van der Waals surface area contributed by atoms with Gasteiger partial charge in [-0.2, -0.15) is 5.26 Å². The number of fused-ring (bicyclic) bond motifs is 5. The normalized spacial score (nSPS) is 48.5. The van der Waals surface area contributed by atoms with Crippen LogP contribution in [0.1, 0.15) is 58.8 Å². The fourth-order valence-corrected chi connectivity index (χ4v) is 6.05. The molecule has 0 radical (unpaired) electrons. The van der Waals surface area contributed by atoms with Crippen LogP contribution in [0.15, 0.2) is 23.3 Å². The predicted molar refractivity (Wildman–Crippen MR) is 87.2 cm³/mol. The summed E-state index contributed by atoms with van der Waals surface area (Å²) >= 11 is 0. The summed E-state index contributed by atoms with van der Waals surface area (Å²) < 4.78 is 0. The molecule has 2 saturated carbocycles. The van der Waals surface area contributed by atoms with Gasteiger partial charge < -0.3 is 5.11 Å². The summed E-state index contributed by atoms with van der Waals surface area (Å²) in [5, 5.41) is 20.4. The molecule has 122 valence electrons.